The van der Waals surface area contributed by atoms with E-state index in [1.807, 2.05) is 0 Å². The summed E-state index contributed by atoms with van der Waals surface area (Å²) in [4.78, 5) is 0. The molecule has 1 aromatic carbocycles. The lowest BCUT2D eigenvalue weighted by atomic mass is 9.76. The third-order valence-electron chi connectivity index (χ3n) is 3.79. The van der Waals surface area contributed by atoms with Gasteiger partial charge in [0.15, 0.2) is 0 Å². The number of likely N-dealkylation sites (N-methyl/N-ethyl adjacent to an activating group) is 1. The van der Waals surface area contributed by atoms with E-state index in [9.17, 15) is 13.9 Å². The molecule has 2 atom stereocenters. The van der Waals surface area contributed by atoms with Crippen LogP contribution in [0.3, 0.4) is 0 Å². The molecule has 0 radical (unpaired) electrons. The van der Waals surface area contributed by atoms with Gasteiger partial charge in [-0.1, -0.05) is 12.1 Å². The predicted octanol–water partition coefficient (Wildman–Crippen LogP) is 2.54. The van der Waals surface area contributed by atoms with Gasteiger partial charge in [0.2, 0.25) is 6.43 Å². The number of halogens is 2. The zero-order chi connectivity index (χ0) is 14.0. The third-order valence-corrected chi connectivity index (χ3v) is 3.79. The summed E-state index contributed by atoms with van der Waals surface area (Å²) in [6, 6.07) is 6.06. The van der Waals surface area contributed by atoms with Crippen LogP contribution in [0.25, 0.3) is 11.0 Å². The molecular weight excluding hydrogens is 252 g/mol. The second kappa shape index (κ2) is 5.27. The Balaban J connectivity index is 2.53. The summed E-state index contributed by atoms with van der Waals surface area (Å²) in [6.45, 7) is 1.08. The molecule has 3 nitrogen and oxygen atoms in total. The summed E-state index contributed by atoms with van der Waals surface area (Å²) < 4.78 is 32.3. The van der Waals surface area contributed by atoms with Gasteiger partial charge in [-0.25, -0.2) is 8.78 Å². The molecule has 0 saturated carbocycles. The zero-order valence-electron chi connectivity index (χ0n) is 10.9. The third kappa shape index (κ3) is 2.24. The SMILES string of the molecule is CNC(CO)C(C)(c1ccc2ccoc2c1)C(F)F. The van der Waals surface area contributed by atoms with Crippen LogP contribution >= 0.6 is 0 Å². The number of alkyl halides is 2. The lowest BCUT2D eigenvalue weighted by Crippen LogP contribution is -2.52. The molecule has 0 amide bonds. The summed E-state index contributed by atoms with van der Waals surface area (Å²) >= 11 is 0. The van der Waals surface area contributed by atoms with Gasteiger partial charge >= 0.3 is 0 Å². The Kier molecular flexibility index (Phi) is 3.87. The van der Waals surface area contributed by atoms with Crippen molar-refractivity contribution in [2.24, 2.45) is 0 Å². The van der Waals surface area contributed by atoms with Crippen molar-refractivity contribution in [2.75, 3.05) is 13.7 Å². The van der Waals surface area contributed by atoms with E-state index in [0.717, 1.165) is 5.39 Å². The predicted molar refractivity (Wildman–Crippen MR) is 69.5 cm³/mol. The first kappa shape index (κ1) is 14.0. The van der Waals surface area contributed by atoms with Gasteiger partial charge in [0.1, 0.15) is 5.58 Å². The smallest absolute Gasteiger partial charge is 0.249 e. The lowest BCUT2D eigenvalue weighted by molar-refractivity contribution is 0.0219. The first-order chi connectivity index (χ1) is 9.03. The highest BCUT2D eigenvalue weighted by Gasteiger charge is 2.43. The molecule has 0 bridgehead atoms. The van der Waals surface area contributed by atoms with Gasteiger partial charge < -0.3 is 14.8 Å². The number of aliphatic hydroxyl groups is 1. The van der Waals surface area contributed by atoms with E-state index in [4.69, 9.17) is 4.42 Å². The van der Waals surface area contributed by atoms with Gasteiger partial charge in [-0.3, -0.25) is 0 Å². The Hall–Kier alpha value is -1.46. The van der Waals surface area contributed by atoms with Crippen molar-refractivity contribution in [2.45, 2.75) is 24.8 Å². The Labute approximate surface area is 110 Å². The number of rotatable bonds is 5. The maximum absolute atomic E-state index is 13.5. The molecule has 2 N–H and O–H groups in total. The summed E-state index contributed by atoms with van der Waals surface area (Å²) in [5.41, 5.74) is -0.472. The highest BCUT2D eigenvalue weighted by atomic mass is 19.3. The molecule has 0 saturated heterocycles. The zero-order valence-corrected chi connectivity index (χ0v) is 10.9. The van der Waals surface area contributed by atoms with E-state index in [2.05, 4.69) is 5.32 Å². The normalized spacial score (nSPS) is 16.7. The fraction of sp³-hybridized carbons (Fsp3) is 0.429. The van der Waals surface area contributed by atoms with E-state index in [0.29, 0.717) is 11.1 Å². The molecular formula is C14H17F2NO2. The van der Waals surface area contributed by atoms with Crippen LogP contribution in [0.15, 0.2) is 34.9 Å². The van der Waals surface area contributed by atoms with Gasteiger partial charge in [-0.15, -0.1) is 0 Å². The van der Waals surface area contributed by atoms with Crippen LogP contribution in [0.5, 0.6) is 0 Å². The van der Waals surface area contributed by atoms with Crippen molar-refractivity contribution in [1.29, 1.82) is 0 Å². The summed E-state index contributed by atoms with van der Waals surface area (Å²) in [7, 11) is 1.56. The van der Waals surface area contributed by atoms with E-state index in [1.165, 1.54) is 13.2 Å². The van der Waals surface area contributed by atoms with E-state index >= 15 is 0 Å². The van der Waals surface area contributed by atoms with Gasteiger partial charge in [-0.2, -0.15) is 0 Å². The molecule has 0 fully saturated rings. The molecule has 0 aliphatic carbocycles. The van der Waals surface area contributed by atoms with Gasteiger partial charge in [0, 0.05) is 11.4 Å². The van der Waals surface area contributed by atoms with E-state index in [-0.39, 0.29) is 6.61 Å². The van der Waals surface area contributed by atoms with Crippen molar-refractivity contribution < 1.29 is 18.3 Å². The van der Waals surface area contributed by atoms with Gasteiger partial charge in [-0.05, 0) is 31.7 Å². The standard InChI is InChI=1S/C14H17F2NO2/c1-14(13(15)16,12(8-18)17-2)10-4-3-9-5-6-19-11(9)7-10/h3-7,12-13,17-18H,8H2,1-2H3. The summed E-state index contributed by atoms with van der Waals surface area (Å²) in [6.07, 6.45) is -1.08. The number of nitrogens with one attached hydrogen (secondary N) is 1. The minimum absolute atomic E-state index is 0.368. The Morgan fingerprint density at radius 3 is 2.68 bits per heavy atom. The van der Waals surface area contributed by atoms with Crippen LogP contribution in [-0.4, -0.2) is 31.2 Å². The molecule has 1 heterocycles. The maximum Gasteiger partial charge on any atom is 0.249 e. The summed E-state index contributed by atoms with van der Waals surface area (Å²) in [5, 5.41) is 12.9. The maximum atomic E-state index is 13.5. The number of hydrogen-bond acceptors (Lipinski definition) is 3. The lowest BCUT2D eigenvalue weighted by Gasteiger charge is -2.36. The fourth-order valence-corrected chi connectivity index (χ4v) is 2.35. The number of fused-ring (bicyclic) bond motifs is 1. The Bertz CT molecular complexity index is 551. The average Bonchev–Trinajstić information content (AvgIpc) is 2.86. The molecule has 0 spiro atoms. The molecule has 2 unspecified atom stereocenters. The van der Waals surface area contributed by atoms with Crippen LogP contribution in [0.1, 0.15) is 12.5 Å². The molecule has 0 aliphatic heterocycles. The van der Waals surface area contributed by atoms with Crippen LogP contribution in [0.2, 0.25) is 0 Å². The molecule has 19 heavy (non-hydrogen) atoms. The topological polar surface area (TPSA) is 45.4 Å². The number of hydrogen-bond donors (Lipinski definition) is 2. The number of benzene rings is 1. The fourth-order valence-electron chi connectivity index (χ4n) is 2.35. The minimum Gasteiger partial charge on any atom is -0.464 e. The van der Waals surface area contributed by atoms with Crippen molar-refractivity contribution in [3.05, 3.63) is 36.1 Å². The Morgan fingerprint density at radius 1 is 1.37 bits per heavy atom. The molecule has 1 aromatic heterocycles. The largest absolute Gasteiger partial charge is 0.464 e. The second-order valence-electron chi connectivity index (χ2n) is 4.78. The van der Waals surface area contributed by atoms with Crippen LogP contribution in [0.4, 0.5) is 8.78 Å². The Morgan fingerprint density at radius 2 is 2.11 bits per heavy atom. The quantitative estimate of drug-likeness (QED) is 0.876. The average molecular weight is 269 g/mol. The van der Waals surface area contributed by atoms with Crippen molar-refractivity contribution in [3.63, 3.8) is 0 Å². The number of furan rings is 1. The second-order valence-corrected chi connectivity index (χ2v) is 4.78. The molecule has 0 aliphatic rings. The van der Waals surface area contributed by atoms with Gasteiger partial charge in [0.05, 0.1) is 18.3 Å². The highest BCUT2D eigenvalue weighted by molar-refractivity contribution is 5.78. The molecule has 104 valence electrons. The van der Waals surface area contributed by atoms with Crippen LogP contribution in [-0.2, 0) is 5.41 Å². The first-order valence-electron chi connectivity index (χ1n) is 6.08. The van der Waals surface area contributed by atoms with Crippen molar-refractivity contribution in [1.82, 2.24) is 5.32 Å². The highest BCUT2D eigenvalue weighted by Crippen LogP contribution is 2.36. The number of aliphatic hydroxyl groups excluding tert-OH is 1. The molecule has 2 aromatic rings. The van der Waals surface area contributed by atoms with Crippen LogP contribution < -0.4 is 5.32 Å². The molecule has 2 rings (SSSR count). The first-order valence-corrected chi connectivity index (χ1v) is 6.08. The van der Waals surface area contributed by atoms with Gasteiger partial charge in [0.25, 0.3) is 0 Å². The van der Waals surface area contributed by atoms with E-state index < -0.39 is 17.9 Å². The minimum atomic E-state index is -2.61. The monoisotopic (exact) mass is 269 g/mol. The molecule has 5 heteroatoms. The summed E-state index contributed by atoms with van der Waals surface area (Å²) in [5.74, 6) is 0. The van der Waals surface area contributed by atoms with Crippen LogP contribution in [0, 0.1) is 0 Å². The van der Waals surface area contributed by atoms with E-state index in [1.54, 1.807) is 31.3 Å². The van der Waals surface area contributed by atoms with Crippen molar-refractivity contribution >= 4 is 11.0 Å². The van der Waals surface area contributed by atoms with Crippen molar-refractivity contribution in [3.8, 4) is 0 Å².